The Morgan fingerprint density at radius 1 is 0.867 bits per heavy atom. The Labute approximate surface area is 181 Å². The molecule has 5 nitrogen and oxygen atoms in total. The number of carbonyl (C=O) groups excluding carboxylic acids is 2. The third-order valence-electron chi connectivity index (χ3n) is 4.59. The van der Waals surface area contributed by atoms with Gasteiger partial charge in [0.15, 0.2) is 6.10 Å². The van der Waals surface area contributed by atoms with Gasteiger partial charge in [0.1, 0.15) is 5.75 Å². The van der Waals surface area contributed by atoms with Gasteiger partial charge in [-0.1, -0.05) is 66.2 Å². The number of rotatable bonds is 7. The van der Waals surface area contributed by atoms with Gasteiger partial charge >= 0.3 is 0 Å². The number of ether oxygens (including phenoxy) is 1. The van der Waals surface area contributed by atoms with Crippen LogP contribution in [0.5, 0.6) is 5.75 Å². The van der Waals surface area contributed by atoms with Crippen LogP contribution in [0.15, 0.2) is 78.9 Å². The van der Waals surface area contributed by atoms with Gasteiger partial charge in [0, 0.05) is 0 Å². The van der Waals surface area contributed by atoms with E-state index in [1.807, 2.05) is 37.3 Å². The van der Waals surface area contributed by atoms with E-state index in [0.29, 0.717) is 22.0 Å². The summed E-state index contributed by atoms with van der Waals surface area (Å²) >= 11 is 6.09. The molecule has 0 aromatic heterocycles. The number of hydrogen-bond acceptors (Lipinski definition) is 3. The molecule has 0 fully saturated rings. The number of benzene rings is 3. The van der Waals surface area contributed by atoms with Crippen molar-refractivity contribution in [3.05, 3.63) is 95.0 Å². The molecule has 30 heavy (non-hydrogen) atoms. The lowest BCUT2D eigenvalue weighted by molar-refractivity contribution is -0.122. The van der Waals surface area contributed by atoms with Crippen molar-refractivity contribution < 1.29 is 14.3 Å². The highest BCUT2D eigenvalue weighted by Gasteiger charge is 2.20. The summed E-state index contributed by atoms with van der Waals surface area (Å²) in [4.78, 5) is 25.5. The van der Waals surface area contributed by atoms with Crippen molar-refractivity contribution in [3.63, 3.8) is 0 Å². The minimum Gasteiger partial charge on any atom is -0.479 e. The third kappa shape index (κ3) is 5.39. The smallest absolute Gasteiger partial charge is 0.265 e. The van der Waals surface area contributed by atoms with Crippen LogP contribution >= 0.6 is 11.6 Å². The van der Waals surface area contributed by atoms with Gasteiger partial charge in [-0.3, -0.25) is 9.59 Å². The van der Waals surface area contributed by atoms with Crippen LogP contribution in [-0.4, -0.2) is 17.9 Å². The van der Waals surface area contributed by atoms with Gasteiger partial charge in [0.2, 0.25) is 0 Å². The second-order valence-corrected chi connectivity index (χ2v) is 7.24. The Morgan fingerprint density at radius 2 is 1.50 bits per heavy atom. The second-order valence-electron chi connectivity index (χ2n) is 6.83. The lowest BCUT2D eigenvalue weighted by Gasteiger charge is -2.18. The molecule has 0 saturated heterocycles. The number of anilines is 1. The lowest BCUT2D eigenvalue weighted by atomic mass is 10.1. The van der Waals surface area contributed by atoms with Gasteiger partial charge in [-0.2, -0.15) is 0 Å². The first-order valence-electron chi connectivity index (χ1n) is 9.62. The molecular weight excluding hydrogens is 400 g/mol. The highest BCUT2D eigenvalue weighted by molar-refractivity contribution is 6.32. The normalized spacial score (nSPS) is 12.5. The third-order valence-corrected chi connectivity index (χ3v) is 4.90. The molecule has 3 aromatic carbocycles. The molecule has 2 amide bonds. The van der Waals surface area contributed by atoms with E-state index in [2.05, 4.69) is 10.6 Å². The van der Waals surface area contributed by atoms with Gasteiger partial charge in [-0.25, -0.2) is 0 Å². The van der Waals surface area contributed by atoms with E-state index in [1.54, 1.807) is 55.5 Å². The van der Waals surface area contributed by atoms with Crippen molar-refractivity contribution in [2.24, 2.45) is 0 Å². The van der Waals surface area contributed by atoms with E-state index >= 15 is 0 Å². The Hall–Kier alpha value is -3.31. The summed E-state index contributed by atoms with van der Waals surface area (Å²) in [6.45, 7) is 3.53. The van der Waals surface area contributed by atoms with Crippen molar-refractivity contribution in [2.45, 2.75) is 26.0 Å². The molecule has 154 valence electrons. The minimum atomic E-state index is -0.802. The summed E-state index contributed by atoms with van der Waals surface area (Å²) < 4.78 is 5.66. The number of halogens is 1. The maximum atomic E-state index is 12.8. The number of nitrogens with one attached hydrogen (secondary N) is 2. The Bertz CT molecular complexity index is 1020. The summed E-state index contributed by atoms with van der Waals surface area (Å²) in [5.74, 6) is -0.238. The highest BCUT2D eigenvalue weighted by atomic mass is 35.5. The van der Waals surface area contributed by atoms with Crippen LogP contribution in [0.3, 0.4) is 0 Å². The van der Waals surface area contributed by atoms with Gasteiger partial charge in [0.05, 0.1) is 22.3 Å². The molecule has 0 unspecified atom stereocenters. The van der Waals surface area contributed by atoms with E-state index in [9.17, 15) is 9.59 Å². The molecule has 0 spiro atoms. The first-order valence-corrected chi connectivity index (χ1v) is 10.0. The number of hydrogen-bond donors (Lipinski definition) is 2. The monoisotopic (exact) mass is 422 g/mol. The van der Waals surface area contributed by atoms with Gasteiger partial charge in [-0.15, -0.1) is 0 Å². The van der Waals surface area contributed by atoms with Crippen molar-refractivity contribution >= 4 is 29.1 Å². The highest BCUT2D eigenvalue weighted by Crippen LogP contribution is 2.25. The molecule has 3 aromatic rings. The maximum Gasteiger partial charge on any atom is 0.265 e. The van der Waals surface area contributed by atoms with Gasteiger partial charge in [-0.05, 0) is 43.7 Å². The summed E-state index contributed by atoms with van der Waals surface area (Å²) in [5.41, 5.74) is 1.78. The first kappa shape index (κ1) is 21.4. The quantitative estimate of drug-likeness (QED) is 0.547. The first-order chi connectivity index (χ1) is 14.5. The summed E-state index contributed by atoms with van der Waals surface area (Å²) in [6.07, 6.45) is -0.802. The Kier molecular flexibility index (Phi) is 7.09. The molecular formula is C24H23ClN2O3. The fourth-order valence-electron chi connectivity index (χ4n) is 2.91. The van der Waals surface area contributed by atoms with E-state index < -0.39 is 6.10 Å². The van der Waals surface area contributed by atoms with Gasteiger partial charge < -0.3 is 15.4 Å². The average Bonchev–Trinajstić information content (AvgIpc) is 2.76. The topological polar surface area (TPSA) is 67.4 Å². The van der Waals surface area contributed by atoms with Crippen LogP contribution < -0.4 is 15.4 Å². The molecule has 2 N–H and O–H groups in total. The zero-order chi connectivity index (χ0) is 21.5. The van der Waals surface area contributed by atoms with Crippen LogP contribution in [0.4, 0.5) is 5.69 Å². The second kappa shape index (κ2) is 9.94. The molecule has 3 rings (SSSR count). The summed E-state index contributed by atoms with van der Waals surface area (Å²) in [7, 11) is 0. The Balaban J connectivity index is 1.69. The predicted molar refractivity (Wildman–Crippen MR) is 119 cm³/mol. The SMILES string of the molecule is C[C@H](Oc1ccccc1Cl)C(=O)Nc1ccccc1C(=O)N[C@@H](C)c1ccccc1. The average molecular weight is 423 g/mol. The predicted octanol–water partition coefficient (Wildman–Crippen LogP) is 5.24. The number of para-hydroxylation sites is 2. The molecule has 6 heteroatoms. The van der Waals surface area contributed by atoms with E-state index in [1.165, 1.54) is 0 Å². The molecule has 0 aliphatic heterocycles. The molecule has 0 radical (unpaired) electrons. The zero-order valence-electron chi connectivity index (χ0n) is 16.8. The zero-order valence-corrected chi connectivity index (χ0v) is 17.5. The fraction of sp³-hybridized carbons (Fsp3) is 0.167. The fourth-order valence-corrected chi connectivity index (χ4v) is 3.09. The minimum absolute atomic E-state index is 0.176. The van der Waals surface area contributed by atoms with Crippen LogP contribution in [0, 0.1) is 0 Å². The molecule has 0 aliphatic rings. The standard InChI is InChI=1S/C24H23ClN2O3/c1-16(18-10-4-3-5-11-18)26-24(29)19-12-6-8-14-21(19)27-23(28)17(2)30-22-15-9-7-13-20(22)25/h3-17H,1-2H3,(H,26,29)(H,27,28)/t16-,17-/m0/s1. The van der Waals surface area contributed by atoms with Crippen LogP contribution in [0.2, 0.25) is 5.02 Å². The lowest BCUT2D eigenvalue weighted by Crippen LogP contribution is -2.32. The van der Waals surface area contributed by atoms with Crippen molar-refractivity contribution in [1.29, 1.82) is 0 Å². The van der Waals surface area contributed by atoms with Crippen LogP contribution in [0.1, 0.15) is 35.8 Å². The van der Waals surface area contributed by atoms with Gasteiger partial charge in [0.25, 0.3) is 11.8 Å². The van der Waals surface area contributed by atoms with E-state index in [4.69, 9.17) is 16.3 Å². The maximum absolute atomic E-state index is 12.8. The molecule has 0 aliphatic carbocycles. The molecule has 0 saturated carbocycles. The molecule has 0 heterocycles. The number of carbonyl (C=O) groups is 2. The van der Waals surface area contributed by atoms with Crippen LogP contribution in [-0.2, 0) is 4.79 Å². The van der Waals surface area contributed by atoms with Crippen LogP contribution in [0.25, 0.3) is 0 Å². The molecule has 2 atom stereocenters. The number of amides is 2. The largest absolute Gasteiger partial charge is 0.479 e. The van der Waals surface area contributed by atoms with Crippen molar-refractivity contribution in [1.82, 2.24) is 5.32 Å². The van der Waals surface area contributed by atoms with E-state index in [-0.39, 0.29) is 17.9 Å². The van der Waals surface area contributed by atoms with Crippen molar-refractivity contribution in [3.8, 4) is 5.75 Å². The Morgan fingerprint density at radius 3 is 2.23 bits per heavy atom. The summed E-state index contributed by atoms with van der Waals surface area (Å²) in [5, 5.41) is 6.16. The van der Waals surface area contributed by atoms with Crippen molar-refractivity contribution in [2.75, 3.05) is 5.32 Å². The summed E-state index contributed by atoms with van der Waals surface area (Å²) in [6, 6.07) is 23.3. The van der Waals surface area contributed by atoms with E-state index in [0.717, 1.165) is 5.56 Å². The molecule has 0 bridgehead atoms.